The van der Waals surface area contributed by atoms with Gasteiger partial charge in [0, 0.05) is 18.8 Å². The molecule has 7 heteroatoms. The molecule has 33 heavy (non-hydrogen) atoms. The number of para-hydroxylation sites is 1. The fourth-order valence-electron chi connectivity index (χ4n) is 4.12. The lowest BCUT2D eigenvalue weighted by molar-refractivity contribution is -0.117. The summed E-state index contributed by atoms with van der Waals surface area (Å²) in [6.07, 6.45) is 3.36. The van der Waals surface area contributed by atoms with Crippen LogP contribution in [-0.2, 0) is 9.53 Å². The van der Waals surface area contributed by atoms with E-state index in [-0.39, 0.29) is 24.5 Å². The van der Waals surface area contributed by atoms with Gasteiger partial charge in [0.25, 0.3) is 5.91 Å². The molecule has 2 aromatic carbocycles. The molecule has 172 valence electrons. The average molecular weight is 447 g/mol. The van der Waals surface area contributed by atoms with Crippen molar-refractivity contribution < 1.29 is 14.3 Å². The Bertz CT molecular complexity index is 1130. The summed E-state index contributed by atoms with van der Waals surface area (Å²) < 4.78 is 7.51. The molecule has 0 saturated carbocycles. The second-order valence-electron chi connectivity index (χ2n) is 8.51. The molecule has 1 aromatic heterocycles. The third kappa shape index (κ3) is 5.14. The van der Waals surface area contributed by atoms with Crippen molar-refractivity contribution in [1.82, 2.24) is 14.7 Å². The van der Waals surface area contributed by atoms with Crippen LogP contribution in [0.1, 0.15) is 40.0 Å². The monoisotopic (exact) mass is 446 g/mol. The van der Waals surface area contributed by atoms with Crippen molar-refractivity contribution in [2.24, 2.45) is 0 Å². The maximum Gasteiger partial charge on any atom is 0.257 e. The first-order chi connectivity index (χ1) is 15.9. The molecule has 0 radical (unpaired) electrons. The topological polar surface area (TPSA) is 76.5 Å². The van der Waals surface area contributed by atoms with Gasteiger partial charge < -0.3 is 15.0 Å². The summed E-state index contributed by atoms with van der Waals surface area (Å²) >= 11 is 0. The SMILES string of the molecule is Cc1cccc(NC(=O)CN(CC2CCCO2)C(=O)c2cnn(-c3ccccc3)c2C)c1C. The molecule has 2 heterocycles. The molecule has 1 unspecified atom stereocenters. The molecule has 1 aliphatic rings. The van der Waals surface area contributed by atoms with E-state index in [0.717, 1.165) is 41.0 Å². The number of nitrogens with zero attached hydrogens (tertiary/aromatic N) is 3. The summed E-state index contributed by atoms with van der Waals surface area (Å²) in [5.41, 5.74) is 4.98. The molecule has 1 aliphatic heterocycles. The summed E-state index contributed by atoms with van der Waals surface area (Å²) in [7, 11) is 0. The van der Waals surface area contributed by atoms with Crippen molar-refractivity contribution in [2.45, 2.75) is 39.7 Å². The van der Waals surface area contributed by atoms with Crippen LogP contribution in [0.5, 0.6) is 0 Å². The smallest absolute Gasteiger partial charge is 0.257 e. The van der Waals surface area contributed by atoms with Crippen LogP contribution in [0, 0.1) is 20.8 Å². The number of amides is 2. The van der Waals surface area contributed by atoms with Gasteiger partial charge in [-0.1, -0.05) is 30.3 Å². The van der Waals surface area contributed by atoms with Gasteiger partial charge in [0.05, 0.1) is 29.2 Å². The van der Waals surface area contributed by atoms with Gasteiger partial charge in [-0.05, 0) is 62.9 Å². The van der Waals surface area contributed by atoms with Gasteiger partial charge in [-0.25, -0.2) is 4.68 Å². The Labute approximate surface area is 194 Å². The second-order valence-corrected chi connectivity index (χ2v) is 8.51. The molecule has 3 aromatic rings. The normalized spacial score (nSPS) is 15.4. The average Bonchev–Trinajstić information content (AvgIpc) is 3.46. The highest BCUT2D eigenvalue weighted by Crippen LogP contribution is 2.20. The lowest BCUT2D eigenvalue weighted by atomic mass is 10.1. The van der Waals surface area contributed by atoms with Crippen LogP contribution in [-0.4, -0.2) is 52.3 Å². The van der Waals surface area contributed by atoms with Crippen LogP contribution >= 0.6 is 0 Å². The Hall–Kier alpha value is -3.45. The number of rotatable bonds is 7. The third-order valence-electron chi connectivity index (χ3n) is 6.19. The van der Waals surface area contributed by atoms with Crippen LogP contribution in [0.4, 0.5) is 5.69 Å². The zero-order valence-electron chi connectivity index (χ0n) is 19.4. The molecule has 2 amide bonds. The first-order valence-electron chi connectivity index (χ1n) is 11.3. The highest BCUT2D eigenvalue weighted by molar-refractivity contribution is 6.00. The van der Waals surface area contributed by atoms with Gasteiger partial charge >= 0.3 is 0 Å². The largest absolute Gasteiger partial charge is 0.376 e. The fourth-order valence-corrected chi connectivity index (χ4v) is 4.12. The van der Waals surface area contributed by atoms with Gasteiger partial charge in [0.1, 0.15) is 6.54 Å². The standard InChI is InChI=1S/C26H30N4O3/c1-18-9-7-13-24(19(18)2)28-25(31)17-29(16-22-12-8-14-33-22)26(32)23-15-27-30(20(23)3)21-10-5-4-6-11-21/h4-7,9-11,13,15,22H,8,12,14,16-17H2,1-3H3,(H,28,31). The lowest BCUT2D eigenvalue weighted by Gasteiger charge is -2.25. The van der Waals surface area contributed by atoms with Crippen LogP contribution in [0.2, 0.25) is 0 Å². The van der Waals surface area contributed by atoms with Gasteiger partial charge in [-0.3, -0.25) is 9.59 Å². The number of benzene rings is 2. The van der Waals surface area contributed by atoms with Gasteiger partial charge in [0.2, 0.25) is 5.91 Å². The first-order valence-corrected chi connectivity index (χ1v) is 11.3. The molecule has 0 spiro atoms. The minimum absolute atomic E-state index is 0.0535. The lowest BCUT2D eigenvalue weighted by Crippen LogP contribution is -2.42. The van der Waals surface area contributed by atoms with E-state index < -0.39 is 0 Å². The van der Waals surface area contributed by atoms with Gasteiger partial charge in [0.15, 0.2) is 0 Å². The van der Waals surface area contributed by atoms with E-state index in [2.05, 4.69) is 10.4 Å². The summed E-state index contributed by atoms with van der Waals surface area (Å²) in [6, 6.07) is 15.5. The van der Waals surface area contributed by atoms with E-state index in [4.69, 9.17) is 4.74 Å². The highest BCUT2D eigenvalue weighted by Gasteiger charge is 2.27. The number of anilines is 1. The van der Waals surface area contributed by atoms with Gasteiger partial charge in [-0.15, -0.1) is 0 Å². The minimum atomic E-state index is -0.233. The van der Waals surface area contributed by atoms with Crippen molar-refractivity contribution in [2.75, 3.05) is 25.0 Å². The zero-order valence-corrected chi connectivity index (χ0v) is 19.4. The molecular weight excluding hydrogens is 416 g/mol. The Morgan fingerprint density at radius 1 is 1.12 bits per heavy atom. The molecule has 1 fully saturated rings. The van der Waals surface area contributed by atoms with Crippen LogP contribution in [0.3, 0.4) is 0 Å². The number of carbonyl (C=O) groups excluding carboxylic acids is 2. The molecule has 1 atom stereocenters. The number of nitrogens with one attached hydrogen (secondary N) is 1. The Morgan fingerprint density at radius 2 is 1.91 bits per heavy atom. The Morgan fingerprint density at radius 3 is 2.64 bits per heavy atom. The Kier molecular flexibility index (Phi) is 6.89. The third-order valence-corrected chi connectivity index (χ3v) is 6.19. The first kappa shape index (κ1) is 22.7. The molecule has 4 rings (SSSR count). The molecule has 7 nitrogen and oxygen atoms in total. The minimum Gasteiger partial charge on any atom is -0.376 e. The number of carbonyl (C=O) groups is 2. The van der Waals surface area contributed by atoms with Crippen molar-refractivity contribution in [3.05, 3.63) is 77.1 Å². The van der Waals surface area contributed by atoms with Crippen molar-refractivity contribution >= 4 is 17.5 Å². The quantitative estimate of drug-likeness (QED) is 0.594. The molecule has 1 N–H and O–H groups in total. The van der Waals surface area contributed by atoms with E-state index in [1.807, 2.05) is 69.3 Å². The number of hydrogen-bond acceptors (Lipinski definition) is 4. The number of aromatic nitrogens is 2. The van der Waals surface area contributed by atoms with Gasteiger partial charge in [-0.2, -0.15) is 5.10 Å². The van der Waals surface area contributed by atoms with Crippen LogP contribution in [0.25, 0.3) is 5.69 Å². The molecule has 1 saturated heterocycles. The van der Waals surface area contributed by atoms with Crippen LogP contribution in [0.15, 0.2) is 54.7 Å². The molecule has 0 bridgehead atoms. The van der Waals surface area contributed by atoms with E-state index >= 15 is 0 Å². The summed E-state index contributed by atoms with van der Waals surface area (Å²) in [4.78, 5) is 28.1. The number of aryl methyl sites for hydroxylation is 1. The number of ether oxygens (including phenoxy) is 1. The van der Waals surface area contributed by atoms with E-state index in [0.29, 0.717) is 18.7 Å². The van der Waals surface area contributed by atoms with Crippen molar-refractivity contribution in [3.8, 4) is 5.69 Å². The second kappa shape index (κ2) is 10.0. The maximum absolute atomic E-state index is 13.5. The van der Waals surface area contributed by atoms with Crippen molar-refractivity contribution in [3.63, 3.8) is 0 Å². The molecule has 0 aliphatic carbocycles. The summed E-state index contributed by atoms with van der Waals surface area (Å²) in [6.45, 7) is 6.85. The van der Waals surface area contributed by atoms with E-state index in [1.54, 1.807) is 15.8 Å². The fraction of sp³-hybridized carbons (Fsp3) is 0.346. The predicted octanol–water partition coefficient (Wildman–Crippen LogP) is 4.06. The predicted molar refractivity (Wildman–Crippen MR) is 128 cm³/mol. The van der Waals surface area contributed by atoms with E-state index in [9.17, 15) is 9.59 Å². The maximum atomic E-state index is 13.5. The Balaban J connectivity index is 1.55. The van der Waals surface area contributed by atoms with Crippen molar-refractivity contribution in [1.29, 1.82) is 0 Å². The molecular formula is C26H30N4O3. The summed E-state index contributed by atoms with van der Waals surface area (Å²) in [5, 5.41) is 7.39. The number of hydrogen-bond donors (Lipinski definition) is 1. The van der Waals surface area contributed by atoms with E-state index in [1.165, 1.54) is 0 Å². The zero-order chi connectivity index (χ0) is 23.4. The van der Waals surface area contributed by atoms with Crippen LogP contribution < -0.4 is 5.32 Å². The highest BCUT2D eigenvalue weighted by atomic mass is 16.5. The summed E-state index contributed by atoms with van der Waals surface area (Å²) in [5.74, 6) is -0.454.